The summed E-state index contributed by atoms with van der Waals surface area (Å²) >= 11 is 9.48. The number of nitrogens with zero attached hydrogens (tertiary/aromatic N) is 3. The van der Waals surface area contributed by atoms with Gasteiger partial charge in [-0.25, -0.2) is 0 Å². The summed E-state index contributed by atoms with van der Waals surface area (Å²) in [4.78, 5) is 29.1. The molecule has 0 bridgehead atoms. The molecule has 0 saturated heterocycles. The van der Waals surface area contributed by atoms with E-state index in [2.05, 4.69) is 26.1 Å². The molecule has 2 aromatic carbocycles. The molecular formula is C20H15BrClN3O4. The lowest BCUT2D eigenvalue weighted by Gasteiger charge is -2.16. The lowest BCUT2D eigenvalue weighted by molar-refractivity contribution is -0.138. The maximum absolute atomic E-state index is 12.3. The van der Waals surface area contributed by atoms with Crippen LogP contribution in [-0.4, -0.2) is 33.7 Å². The third-order valence-corrected chi connectivity index (χ3v) is 5.91. The molecule has 0 fully saturated rings. The summed E-state index contributed by atoms with van der Waals surface area (Å²) in [5.74, 6) is -0.362. The number of hydrogen-bond donors (Lipinski definition) is 1. The van der Waals surface area contributed by atoms with Crippen molar-refractivity contribution in [2.75, 3.05) is 11.4 Å². The van der Waals surface area contributed by atoms with Gasteiger partial charge in [0, 0.05) is 34.3 Å². The van der Waals surface area contributed by atoms with Gasteiger partial charge in [0.05, 0.1) is 11.4 Å². The number of hydrogen-bond acceptors (Lipinski definition) is 5. The van der Waals surface area contributed by atoms with E-state index in [9.17, 15) is 9.59 Å². The van der Waals surface area contributed by atoms with Crippen molar-refractivity contribution in [1.82, 2.24) is 10.1 Å². The Morgan fingerprint density at radius 3 is 2.72 bits per heavy atom. The second kappa shape index (κ2) is 7.96. The summed E-state index contributed by atoms with van der Waals surface area (Å²) in [6, 6.07) is 11.0. The number of fused-ring (bicyclic) bond motifs is 1. The van der Waals surface area contributed by atoms with Crippen molar-refractivity contribution in [3.63, 3.8) is 0 Å². The molecule has 1 aromatic heterocycles. The first-order valence-electron chi connectivity index (χ1n) is 8.87. The summed E-state index contributed by atoms with van der Waals surface area (Å²) in [7, 11) is 0. The SMILES string of the molecule is O=C(O)CCC(=O)N1CCc2cc(-c3noc(-c4ccc(Br)c(Cl)c4)n3)ccc21. The Morgan fingerprint density at radius 1 is 1.17 bits per heavy atom. The molecule has 2 heterocycles. The molecule has 148 valence electrons. The monoisotopic (exact) mass is 475 g/mol. The zero-order valence-electron chi connectivity index (χ0n) is 15.1. The van der Waals surface area contributed by atoms with Crippen LogP contribution >= 0.6 is 27.5 Å². The van der Waals surface area contributed by atoms with Crippen molar-refractivity contribution in [3.8, 4) is 22.8 Å². The van der Waals surface area contributed by atoms with Crippen LogP contribution in [0.1, 0.15) is 18.4 Å². The zero-order chi connectivity index (χ0) is 20.5. The number of amides is 1. The lowest BCUT2D eigenvalue weighted by atomic mass is 10.1. The molecule has 0 unspecified atom stereocenters. The zero-order valence-corrected chi connectivity index (χ0v) is 17.4. The normalized spacial score (nSPS) is 12.8. The average molecular weight is 477 g/mol. The van der Waals surface area contributed by atoms with Crippen LogP contribution in [0.15, 0.2) is 45.4 Å². The standard InChI is InChI=1S/C20H15BrClN3O4/c21-14-3-1-13(10-15(14)22)20-23-19(24-29-20)12-2-4-16-11(9-12)7-8-25(16)17(26)5-6-18(27)28/h1-4,9-10H,5-8H2,(H,27,28). The van der Waals surface area contributed by atoms with Gasteiger partial charge in [0.25, 0.3) is 5.89 Å². The molecule has 7 nitrogen and oxygen atoms in total. The van der Waals surface area contributed by atoms with Crippen LogP contribution in [0.25, 0.3) is 22.8 Å². The first kappa shape index (κ1) is 19.6. The minimum atomic E-state index is -0.979. The van der Waals surface area contributed by atoms with E-state index in [1.807, 2.05) is 30.3 Å². The van der Waals surface area contributed by atoms with Crippen LogP contribution in [0.2, 0.25) is 5.02 Å². The topological polar surface area (TPSA) is 96.5 Å². The molecule has 0 saturated carbocycles. The van der Waals surface area contributed by atoms with Crippen LogP contribution in [0.5, 0.6) is 0 Å². The highest BCUT2D eigenvalue weighted by atomic mass is 79.9. The van der Waals surface area contributed by atoms with Gasteiger partial charge in [-0.1, -0.05) is 16.8 Å². The van der Waals surface area contributed by atoms with Crippen molar-refractivity contribution < 1.29 is 19.2 Å². The van der Waals surface area contributed by atoms with E-state index in [0.29, 0.717) is 35.3 Å². The Balaban J connectivity index is 1.56. The number of aliphatic carboxylic acids is 1. The van der Waals surface area contributed by atoms with Gasteiger partial charge in [0.1, 0.15) is 0 Å². The Bertz CT molecular complexity index is 1110. The molecule has 1 N–H and O–H groups in total. The average Bonchev–Trinajstić information content (AvgIpc) is 3.35. The van der Waals surface area contributed by atoms with Gasteiger partial charge in [0.15, 0.2) is 0 Å². The molecule has 1 aliphatic rings. The summed E-state index contributed by atoms with van der Waals surface area (Å²) in [5.41, 5.74) is 3.28. The van der Waals surface area contributed by atoms with E-state index in [-0.39, 0.29) is 18.7 Å². The fraction of sp³-hybridized carbons (Fsp3) is 0.200. The summed E-state index contributed by atoms with van der Waals surface area (Å²) < 4.78 is 6.16. The van der Waals surface area contributed by atoms with Crippen LogP contribution in [0, 0.1) is 0 Å². The maximum atomic E-state index is 12.3. The van der Waals surface area contributed by atoms with E-state index in [1.165, 1.54) is 0 Å². The number of carboxylic acid groups (broad SMARTS) is 1. The van der Waals surface area contributed by atoms with Crippen LogP contribution < -0.4 is 4.90 Å². The van der Waals surface area contributed by atoms with E-state index < -0.39 is 5.97 Å². The Kier molecular flexibility index (Phi) is 5.38. The van der Waals surface area contributed by atoms with Crippen molar-refractivity contribution in [1.29, 1.82) is 0 Å². The molecule has 29 heavy (non-hydrogen) atoms. The second-order valence-electron chi connectivity index (χ2n) is 6.58. The molecule has 0 spiro atoms. The van der Waals surface area contributed by atoms with Gasteiger partial charge >= 0.3 is 5.97 Å². The second-order valence-corrected chi connectivity index (χ2v) is 7.85. The quantitative estimate of drug-likeness (QED) is 0.579. The number of benzene rings is 2. The first-order valence-corrected chi connectivity index (χ1v) is 10.0. The van der Waals surface area contributed by atoms with Crippen LogP contribution in [0.3, 0.4) is 0 Å². The van der Waals surface area contributed by atoms with Crippen molar-refractivity contribution in [2.45, 2.75) is 19.3 Å². The van der Waals surface area contributed by atoms with Crippen molar-refractivity contribution in [3.05, 3.63) is 51.5 Å². The molecule has 1 amide bonds. The van der Waals surface area contributed by atoms with E-state index in [4.69, 9.17) is 21.2 Å². The molecule has 1 aliphatic heterocycles. The van der Waals surface area contributed by atoms with Gasteiger partial charge in [-0.05, 0) is 64.3 Å². The van der Waals surface area contributed by atoms with Gasteiger partial charge < -0.3 is 14.5 Å². The fourth-order valence-corrected chi connectivity index (χ4v) is 3.66. The Hall–Kier alpha value is -2.71. The van der Waals surface area contributed by atoms with Gasteiger partial charge in [-0.3, -0.25) is 9.59 Å². The minimum Gasteiger partial charge on any atom is -0.481 e. The molecule has 4 rings (SSSR count). The lowest BCUT2D eigenvalue weighted by Crippen LogP contribution is -2.29. The molecule has 3 aromatic rings. The third kappa shape index (κ3) is 4.04. The molecule has 9 heteroatoms. The van der Waals surface area contributed by atoms with E-state index in [1.54, 1.807) is 11.0 Å². The highest BCUT2D eigenvalue weighted by Gasteiger charge is 2.25. The van der Waals surface area contributed by atoms with Gasteiger partial charge in [-0.2, -0.15) is 4.98 Å². The largest absolute Gasteiger partial charge is 0.481 e. The number of anilines is 1. The predicted octanol–water partition coefficient (Wildman–Crippen LogP) is 4.57. The molecule has 0 atom stereocenters. The highest BCUT2D eigenvalue weighted by Crippen LogP contribution is 2.33. The number of carbonyl (C=O) groups excluding carboxylic acids is 1. The van der Waals surface area contributed by atoms with E-state index in [0.717, 1.165) is 21.3 Å². The van der Waals surface area contributed by atoms with Gasteiger partial charge in [0.2, 0.25) is 11.7 Å². The third-order valence-electron chi connectivity index (χ3n) is 4.68. The van der Waals surface area contributed by atoms with Gasteiger partial charge in [-0.15, -0.1) is 0 Å². The molecule has 0 radical (unpaired) electrons. The Labute approximate surface area is 179 Å². The highest BCUT2D eigenvalue weighted by molar-refractivity contribution is 9.10. The number of carbonyl (C=O) groups is 2. The Morgan fingerprint density at radius 2 is 1.97 bits per heavy atom. The number of aromatic nitrogens is 2. The summed E-state index contributed by atoms with van der Waals surface area (Å²) in [6.45, 7) is 0.534. The van der Waals surface area contributed by atoms with E-state index >= 15 is 0 Å². The van der Waals surface area contributed by atoms with Crippen molar-refractivity contribution in [2.24, 2.45) is 0 Å². The van der Waals surface area contributed by atoms with Crippen LogP contribution in [-0.2, 0) is 16.0 Å². The minimum absolute atomic E-state index is 0.0134. The molecular weight excluding hydrogens is 462 g/mol. The van der Waals surface area contributed by atoms with Crippen molar-refractivity contribution >= 4 is 45.1 Å². The smallest absolute Gasteiger partial charge is 0.303 e. The number of carboxylic acids is 1. The number of rotatable bonds is 5. The maximum Gasteiger partial charge on any atom is 0.303 e. The predicted molar refractivity (Wildman–Crippen MR) is 111 cm³/mol. The fourth-order valence-electron chi connectivity index (χ4n) is 3.24. The molecule has 0 aliphatic carbocycles. The number of halogens is 2. The van der Waals surface area contributed by atoms with Crippen LogP contribution in [0.4, 0.5) is 5.69 Å². The first-order chi connectivity index (χ1) is 13.9. The summed E-state index contributed by atoms with van der Waals surface area (Å²) in [6.07, 6.45) is 0.504. The summed E-state index contributed by atoms with van der Waals surface area (Å²) in [5, 5.41) is 13.4.